The van der Waals surface area contributed by atoms with Gasteiger partial charge >= 0.3 is 12.1 Å². The number of benzene rings is 2. The van der Waals surface area contributed by atoms with Crippen LogP contribution in [0.15, 0.2) is 59.5 Å². The molecule has 2 atom stereocenters. The van der Waals surface area contributed by atoms with Crippen LogP contribution in [0.4, 0.5) is 4.79 Å². The van der Waals surface area contributed by atoms with Crippen molar-refractivity contribution < 1.29 is 33.0 Å². The highest BCUT2D eigenvalue weighted by atomic mass is 32.2. The van der Waals surface area contributed by atoms with Crippen LogP contribution >= 0.6 is 0 Å². The molecule has 9 nitrogen and oxygen atoms in total. The van der Waals surface area contributed by atoms with E-state index in [9.17, 15) is 28.2 Å². The van der Waals surface area contributed by atoms with Gasteiger partial charge in [-0.25, -0.2) is 13.2 Å². The molecule has 1 aliphatic heterocycles. The van der Waals surface area contributed by atoms with Crippen LogP contribution in [0.3, 0.4) is 0 Å². The monoisotopic (exact) mass is 458 g/mol. The van der Waals surface area contributed by atoms with Crippen molar-refractivity contribution in [3.05, 3.63) is 60.2 Å². The summed E-state index contributed by atoms with van der Waals surface area (Å²) in [7, 11) is -4.17. The van der Waals surface area contributed by atoms with Crippen molar-refractivity contribution in [2.24, 2.45) is 0 Å². The first-order chi connectivity index (χ1) is 15.2. The van der Waals surface area contributed by atoms with Crippen LogP contribution in [0.25, 0.3) is 0 Å². The van der Waals surface area contributed by atoms with Gasteiger partial charge in [-0.2, -0.15) is 4.31 Å². The number of hydrogen-bond donors (Lipinski definition) is 2. The van der Waals surface area contributed by atoms with Crippen LogP contribution in [0, 0.1) is 11.8 Å². The molecule has 1 amide bonds. The fraction of sp³-hybridized carbons (Fsp3) is 0.273. The van der Waals surface area contributed by atoms with Crippen molar-refractivity contribution in [3.8, 4) is 17.6 Å². The maximum Gasteiger partial charge on any atom is 0.407 e. The number of piperazine rings is 1. The lowest BCUT2D eigenvalue weighted by atomic mass is 10.1. The van der Waals surface area contributed by atoms with Gasteiger partial charge in [0.2, 0.25) is 10.0 Å². The minimum absolute atomic E-state index is 0.108. The van der Waals surface area contributed by atoms with Gasteiger partial charge in [-0.1, -0.05) is 30.0 Å². The van der Waals surface area contributed by atoms with Crippen LogP contribution in [-0.2, 0) is 14.8 Å². The number of rotatable bonds is 5. The lowest BCUT2D eigenvalue weighted by Crippen LogP contribution is -2.63. The second-order valence-electron chi connectivity index (χ2n) is 7.04. The summed E-state index contributed by atoms with van der Waals surface area (Å²) in [5.41, 5.74) is 0.850. The Hall–Kier alpha value is -3.55. The quantitative estimate of drug-likeness (QED) is 0.656. The zero-order chi connectivity index (χ0) is 23.3. The molecule has 1 fully saturated rings. The van der Waals surface area contributed by atoms with Gasteiger partial charge in [0, 0.05) is 18.7 Å². The number of nitrogens with zero attached hydrogens (tertiary/aromatic N) is 2. The lowest BCUT2D eigenvalue weighted by Gasteiger charge is -2.42. The first-order valence-corrected chi connectivity index (χ1v) is 11.2. The van der Waals surface area contributed by atoms with E-state index in [1.807, 2.05) is 30.3 Å². The molecule has 0 aromatic heterocycles. The van der Waals surface area contributed by atoms with Gasteiger partial charge in [0.25, 0.3) is 0 Å². The summed E-state index contributed by atoms with van der Waals surface area (Å²) in [4.78, 5) is 23.9. The first kappa shape index (κ1) is 23.1. The van der Waals surface area contributed by atoms with Crippen molar-refractivity contribution in [3.63, 3.8) is 0 Å². The molecule has 2 aromatic rings. The van der Waals surface area contributed by atoms with Crippen molar-refractivity contribution >= 4 is 22.1 Å². The molecule has 0 radical (unpaired) electrons. The van der Waals surface area contributed by atoms with Crippen LogP contribution in [0.1, 0.15) is 12.5 Å². The summed E-state index contributed by atoms with van der Waals surface area (Å²) in [6.07, 6.45) is -1.29. The Bertz CT molecular complexity index is 1140. The molecule has 168 valence electrons. The molecule has 1 aliphatic rings. The van der Waals surface area contributed by atoms with E-state index in [-0.39, 0.29) is 24.6 Å². The number of carboxylic acid groups (broad SMARTS) is 2. The van der Waals surface area contributed by atoms with Crippen LogP contribution in [0.5, 0.6) is 5.75 Å². The highest BCUT2D eigenvalue weighted by Crippen LogP contribution is 2.26. The summed E-state index contributed by atoms with van der Waals surface area (Å²) in [5.74, 6) is 4.81. The average molecular weight is 458 g/mol. The fourth-order valence-corrected chi connectivity index (χ4v) is 5.09. The average Bonchev–Trinajstić information content (AvgIpc) is 2.77. The SMILES string of the molecule is CC1C(C(=O)O)N(S(=O)(=O)c2ccc(OCC#Cc3ccccc3)cc2)CCN1C(=O)O. The lowest BCUT2D eigenvalue weighted by molar-refractivity contribution is -0.144. The zero-order valence-corrected chi connectivity index (χ0v) is 18.0. The van der Waals surface area contributed by atoms with E-state index in [1.165, 1.54) is 31.2 Å². The second-order valence-corrected chi connectivity index (χ2v) is 8.93. The maximum atomic E-state index is 13.1. The summed E-state index contributed by atoms with van der Waals surface area (Å²) >= 11 is 0. The molecular formula is C22H22N2O7S. The standard InChI is InChI=1S/C22H22N2O7S/c1-16-20(21(25)26)24(14-13-23(16)22(27)28)32(29,30)19-11-9-18(10-12-19)31-15-5-8-17-6-3-2-4-7-17/h2-4,6-7,9-12,16,20H,13-15H2,1H3,(H,25,26)(H,27,28). The molecule has 0 spiro atoms. The Morgan fingerprint density at radius 3 is 2.31 bits per heavy atom. The van der Waals surface area contributed by atoms with Gasteiger partial charge in [-0.3, -0.25) is 4.79 Å². The van der Waals surface area contributed by atoms with E-state index in [4.69, 9.17) is 4.74 Å². The summed E-state index contributed by atoms with van der Waals surface area (Å²) in [6.45, 7) is 1.10. The Kier molecular flexibility index (Phi) is 7.02. The predicted octanol–water partition coefficient (Wildman–Crippen LogP) is 1.94. The van der Waals surface area contributed by atoms with Crippen molar-refractivity contribution in [1.29, 1.82) is 0 Å². The molecule has 1 saturated heterocycles. The third-order valence-corrected chi connectivity index (χ3v) is 6.96. The molecule has 0 aliphatic carbocycles. The molecule has 0 bridgehead atoms. The molecule has 1 heterocycles. The normalized spacial score (nSPS) is 19.0. The number of carboxylic acids is 1. The molecule has 2 unspecified atom stereocenters. The van der Waals surface area contributed by atoms with Crippen molar-refractivity contribution in [2.75, 3.05) is 19.7 Å². The molecule has 0 saturated carbocycles. The van der Waals surface area contributed by atoms with E-state index in [0.717, 1.165) is 14.8 Å². The highest BCUT2D eigenvalue weighted by molar-refractivity contribution is 7.89. The number of sulfonamides is 1. The minimum Gasteiger partial charge on any atom is -0.481 e. The van der Waals surface area contributed by atoms with Crippen LogP contribution in [0.2, 0.25) is 0 Å². The van der Waals surface area contributed by atoms with E-state index >= 15 is 0 Å². The highest BCUT2D eigenvalue weighted by Gasteiger charge is 2.46. The van der Waals surface area contributed by atoms with Crippen molar-refractivity contribution in [1.82, 2.24) is 9.21 Å². The van der Waals surface area contributed by atoms with E-state index in [2.05, 4.69) is 11.8 Å². The maximum absolute atomic E-state index is 13.1. The number of hydrogen-bond acceptors (Lipinski definition) is 5. The van der Waals surface area contributed by atoms with Crippen molar-refractivity contribution in [2.45, 2.75) is 23.9 Å². The summed E-state index contributed by atoms with van der Waals surface area (Å²) in [6, 6.07) is 12.4. The molecule has 3 rings (SSSR count). The van der Waals surface area contributed by atoms with Gasteiger partial charge in [-0.05, 0) is 43.3 Å². The van der Waals surface area contributed by atoms with E-state index < -0.39 is 34.2 Å². The van der Waals surface area contributed by atoms with Gasteiger partial charge in [-0.15, -0.1) is 0 Å². The molecule has 10 heteroatoms. The van der Waals surface area contributed by atoms with Gasteiger partial charge in [0.05, 0.1) is 10.9 Å². The largest absolute Gasteiger partial charge is 0.481 e. The Morgan fingerprint density at radius 2 is 1.72 bits per heavy atom. The van der Waals surface area contributed by atoms with E-state index in [1.54, 1.807) is 0 Å². The van der Waals surface area contributed by atoms with Gasteiger partial charge in [0.1, 0.15) is 18.4 Å². The Morgan fingerprint density at radius 1 is 1.06 bits per heavy atom. The number of ether oxygens (including phenoxy) is 1. The smallest absolute Gasteiger partial charge is 0.407 e. The van der Waals surface area contributed by atoms with Crippen LogP contribution < -0.4 is 4.74 Å². The fourth-order valence-electron chi connectivity index (χ4n) is 3.45. The third-order valence-electron chi connectivity index (χ3n) is 5.07. The predicted molar refractivity (Wildman–Crippen MR) is 115 cm³/mol. The van der Waals surface area contributed by atoms with Crippen LogP contribution in [-0.4, -0.2) is 71.7 Å². The van der Waals surface area contributed by atoms with Gasteiger partial charge in [0.15, 0.2) is 0 Å². The molecular weight excluding hydrogens is 436 g/mol. The third kappa shape index (κ3) is 5.01. The second kappa shape index (κ2) is 9.72. The summed E-state index contributed by atoms with van der Waals surface area (Å²) in [5, 5.41) is 18.8. The Labute approximate surface area is 185 Å². The zero-order valence-electron chi connectivity index (χ0n) is 17.2. The first-order valence-electron chi connectivity index (χ1n) is 9.73. The molecule has 2 N–H and O–H groups in total. The topological polar surface area (TPSA) is 124 Å². The number of aliphatic carboxylic acids is 1. The van der Waals surface area contributed by atoms with Gasteiger partial charge < -0.3 is 19.8 Å². The summed E-state index contributed by atoms with van der Waals surface area (Å²) < 4.78 is 32.5. The molecule has 2 aromatic carbocycles. The van der Waals surface area contributed by atoms with E-state index in [0.29, 0.717) is 5.75 Å². The number of carbonyl (C=O) groups is 2. The molecule has 32 heavy (non-hydrogen) atoms. The Balaban J connectivity index is 1.72. The number of amides is 1. The minimum atomic E-state index is -4.17.